The average molecular weight is 352 g/mol. The van der Waals surface area contributed by atoms with Crippen molar-refractivity contribution in [3.63, 3.8) is 0 Å². The van der Waals surface area contributed by atoms with E-state index in [4.69, 9.17) is 0 Å². The summed E-state index contributed by atoms with van der Waals surface area (Å²) in [6, 6.07) is 0.605. The van der Waals surface area contributed by atoms with Crippen LogP contribution in [-0.4, -0.2) is 48.1 Å². The molecule has 0 amide bonds. The van der Waals surface area contributed by atoms with Crippen molar-refractivity contribution < 1.29 is 12.4 Å². The van der Waals surface area contributed by atoms with Crippen molar-refractivity contribution >= 4 is 27.4 Å². The number of rotatable bonds is 2. The molecule has 2 aromatic heterocycles. The maximum absolute atomic E-state index is 4.69. The molecule has 0 bridgehead atoms. The van der Waals surface area contributed by atoms with Gasteiger partial charge in [0, 0.05) is 18.0 Å². The molecular formula is C17H24ClN4S-. The highest BCUT2D eigenvalue weighted by Gasteiger charge is 2.26. The Labute approximate surface area is 148 Å². The number of hydrogen-bond acceptors (Lipinski definition) is 5. The molecule has 2 aromatic rings. The van der Waals surface area contributed by atoms with Gasteiger partial charge in [-0.15, -0.1) is 11.3 Å². The molecule has 23 heavy (non-hydrogen) atoms. The van der Waals surface area contributed by atoms with Gasteiger partial charge in [-0.25, -0.2) is 9.97 Å². The van der Waals surface area contributed by atoms with E-state index >= 15 is 0 Å². The van der Waals surface area contributed by atoms with E-state index in [1.165, 1.54) is 67.6 Å². The van der Waals surface area contributed by atoms with E-state index < -0.39 is 0 Å². The van der Waals surface area contributed by atoms with Crippen LogP contribution in [0.25, 0.3) is 10.2 Å². The number of halogens is 1. The van der Waals surface area contributed by atoms with Crippen molar-refractivity contribution in [2.75, 3.05) is 32.1 Å². The topological polar surface area (TPSA) is 32.3 Å². The van der Waals surface area contributed by atoms with E-state index in [2.05, 4.69) is 33.9 Å². The number of likely N-dealkylation sites (tertiary alicyclic amines) is 1. The summed E-state index contributed by atoms with van der Waals surface area (Å²) in [6.07, 6.45) is 9.28. The van der Waals surface area contributed by atoms with Crippen molar-refractivity contribution in [3.05, 3.63) is 16.8 Å². The highest BCUT2D eigenvalue weighted by atomic mass is 35.5. The predicted molar refractivity (Wildman–Crippen MR) is 93.0 cm³/mol. The Morgan fingerprint density at radius 2 is 1.91 bits per heavy atom. The number of fused-ring (bicyclic) bond motifs is 3. The number of nitrogens with zero attached hydrogens (tertiary/aromatic N) is 4. The lowest BCUT2D eigenvalue weighted by atomic mass is 9.96. The fourth-order valence-corrected chi connectivity index (χ4v) is 5.12. The Morgan fingerprint density at radius 3 is 2.70 bits per heavy atom. The molecule has 0 N–H and O–H groups in total. The first-order chi connectivity index (χ1) is 10.7. The number of anilines is 1. The van der Waals surface area contributed by atoms with Gasteiger partial charge >= 0.3 is 0 Å². The van der Waals surface area contributed by atoms with Gasteiger partial charge in [-0.05, 0) is 64.2 Å². The molecule has 0 unspecified atom stereocenters. The third kappa shape index (κ3) is 3.06. The largest absolute Gasteiger partial charge is 1.00 e. The minimum Gasteiger partial charge on any atom is -1.00 e. The lowest BCUT2D eigenvalue weighted by Gasteiger charge is -2.36. The first-order valence-corrected chi connectivity index (χ1v) is 9.22. The second-order valence-electron chi connectivity index (χ2n) is 6.73. The molecular weight excluding hydrogens is 328 g/mol. The standard InChI is InChI=1S/C17H24N4S.ClH/c1-20-9-7-12(8-10-20)21(2)16-15-13-5-3-4-6-14(13)22-17(15)19-11-18-16;/h11-12H,3-10H2,1-2H3;1H/p-1. The molecule has 1 fully saturated rings. The van der Waals surface area contributed by atoms with Gasteiger partial charge in [-0.2, -0.15) is 0 Å². The van der Waals surface area contributed by atoms with E-state index in [-0.39, 0.29) is 12.4 Å². The van der Waals surface area contributed by atoms with Crippen LogP contribution in [0.5, 0.6) is 0 Å². The smallest absolute Gasteiger partial charge is 0.141 e. The molecule has 0 aromatic carbocycles. The van der Waals surface area contributed by atoms with Crippen LogP contribution in [0.1, 0.15) is 36.1 Å². The van der Waals surface area contributed by atoms with Crippen LogP contribution in [0.2, 0.25) is 0 Å². The molecule has 0 saturated carbocycles. The molecule has 4 rings (SSSR count). The minimum atomic E-state index is 0. The summed E-state index contributed by atoms with van der Waals surface area (Å²) in [7, 11) is 4.44. The van der Waals surface area contributed by atoms with Crippen molar-refractivity contribution in [2.24, 2.45) is 0 Å². The Balaban J connectivity index is 0.00000156. The number of thiophene rings is 1. The summed E-state index contributed by atoms with van der Waals surface area (Å²) < 4.78 is 0. The van der Waals surface area contributed by atoms with Crippen LogP contribution in [0, 0.1) is 0 Å². The summed E-state index contributed by atoms with van der Waals surface area (Å²) in [5.41, 5.74) is 1.54. The third-order valence-corrected chi connectivity index (χ3v) is 6.50. The highest BCUT2D eigenvalue weighted by Crippen LogP contribution is 2.39. The molecule has 3 heterocycles. The van der Waals surface area contributed by atoms with Crippen LogP contribution in [-0.2, 0) is 12.8 Å². The Morgan fingerprint density at radius 1 is 1.17 bits per heavy atom. The van der Waals surface area contributed by atoms with Crippen LogP contribution >= 0.6 is 11.3 Å². The number of piperidine rings is 1. The van der Waals surface area contributed by atoms with E-state index in [0.717, 1.165) is 0 Å². The second-order valence-corrected chi connectivity index (χ2v) is 7.82. The summed E-state index contributed by atoms with van der Waals surface area (Å²) in [6.45, 7) is 2.37. The zero-order chi connectivity index (χ0) is 15.1. The van der Waals surface area contributed by atoms with Crippen LogP contribution in [0.3, 0.4) is 0 Å². The predicted octanol–water partition coefficient (Wildman–Crippen LogP) is 0.105. The first kappa shape index (κ1) is 16.9. The maximum atomic E-state index is 4.69. The first-order valence-electron chi connectivity index (χ1n) is 8.40. The molecule has 4 nitrogen and oxygen atoms in total. The fraction of sp³-hybridized carbons (Fsp3) is 0.647. The molecule has 126 valence electrons. The number of aromatic nitrogens is 2. The minimum absolute atomic E-state index is 0. The lowest BCUT2D eigenvalue weighted by Crippen LogP contribution is -3.00. The normalized spacial score (nSPS) is 19.4. The fourth-order valence-electron chi connectivity index (χ4n) is 3.90. The van der Waals surface area contributed by atoms with Gasteiger partial charge in [0.15, 0.2) is 0 Å². The van der Waals surface area contributed by atoms with Gasteiger partial charge < -0.3 is 22.2 Å². The Kier molecular flexibility index (Phi) is 5.09. The van der Waals surface area contributed by atoms with Crippen molar-refractivity contribution in [1.29, 1.82) is 0 Å². The number of aryl methyl sites for hydroxylation is 2. The van der Waals surface area contributed by atoms with E-state index in [1.807, 2.05) is 11.3 Å². The molecule has 6 heteroatoms. The third-order valence-electron chi connectivity index (χ3n) is 5.30. The summed E-state index contributed by atoms with van der Waals surface area (Å²) >= 11 is 1.89. The van der Waals surface area contributed by atoms with E-state index in [0.29, 0.717) is 6.04 Å². The quantitative estimate of drug-likeness (QED) is 0.768. The monoisotopic (exact) mass is 351 g/mol. The van der Waals surface area contributed by atoms with Crippen molar-refractivity contribution in [1.82, 2.24) is 14.9 Å². The average Bonchev–Trinajstić information content (AvgIpc) is 2.93. The van der Waals surface area contributed by atoms with Crippen LogP contribution < -0.4 is 17.3 Å². The van der Waals surface area contributed by atoms with Crippen LogP contribution in [0.4, 0.5) is 5.82 Å². The molecule has 1 aliphatic heterocycles. The zero-order valence-electron chi connectivity index (χ0n) is 13.9. The lowest BCUT2D eigenvalue weighted by molar-refractivity contribution is -0.00000457. The molecule has 1 aliphatic carbocycles. The molecule has 0 spiro atoms. The summed E-state index contributed by atoms with van der Waals surface area (Å²) in [5.74, 6) is 1.17. The molecule has 1 saturated heterocycles. The summed E-state index contributed by atoms with van der Waals surface area (Å²) in [5, 5.41) is 1.35. The van der Waals surface area contributed by atoms with Gasteiger partial charge in [0.1, 0.15) is 17.0 Å². The number of hydrogen-bond donors (Lipinski definition) is 0. The maximum Gasteiger partial charge on any atom is 0.141 e. The highest BCUT2D eigenvalue weighted by molar-refractivity contribution is 7.19. The second kappa shape index (κ2) is 6.91. The van der Waals surface area contributed by atoms with Gasteiger partial charge in [-0.1, -0.05) is 0 Å². The molecule has 0 radical (unpaired) electrons. The Bertz CT molecular complexity index is 679. The van der Waals surface area contributed by atoms with Gasteiger partial charge in [0.05, 0.1) is 5.39 Å². The molecule has 2 aliphatic rings. The van der Waals surface area contributed by atoms with Crippen molar-refractivity contribution in [2.45, 2.75) is 44.6 Å². The van der Waals surface area contributed by atoms with Gasteiger partial charge in [-0.3, -0.25) is 0 Å². The SMILES string of the molecule is CN1CCC(N(C)c2ncnc3sc4c(c23)CCCC4)CC1.[Cl-]. The van der Waals surface area contributed by atoms with E-state index in [9.17, 15) is 0 Å². The summed E-state index contributed by atoms with van der Waals surface area (Å²) in [4.78, 5) is 16.8. The van der Waals surface area contributed by atoms with Crippen LogP contribution in [0.15, 0.2) is 6.33 Å². The Hall–Kier alpha value is -0.910. The van der Waals surface area contributed by atoms with E-state index in [1.54, 1.807) is 16.8 Å². The molecule has 0 atom stereocenters. The van der Waals surface area contributed by atoms with Crippen molar-refractivity contribution in [3.8, 4) is 0 Å². The van der Waals surface area contributed by atoms with Gasteiger partial charge in [0.2, 0.25) is 0 Å². The zero-order valence-corrected chi connectivity index (χ0v) is 15.5. The van der Waals surface area contributed by atoms with Gasteiger partial charge in [0.25, 0.3) is 0 Å².